The molecule has 4 nitrogen and oxygen atoms in total. The smallest absolute Gasteiger partial charge is 0.377 e. The van der Waals surface area contributed by atoms with Gasteiger partial charge in [-0.25, -0.2) is 4.79 Å². The number of benzene rings is 1. The second-order valence-electron chi connectivity index (χ2n) is 3.08. The van der Waals surface area contributed by atoms with E-state index in [0.717, 1.165) is 0 Å². The molecule has 0 fully saturated rings. The van der Waals surface area contributed by atoms with Gasteiger partial charge in [0.05, 0.1) is 12.1 Å². The number of halogens is 2. The third-order valence-corrected chi connectivity index (χ3v) is 2.34. The van der Waals surface area contributed by atoms with Gasteiger partial charge in [-0.3, -0.25) is 0 Å². The van der Waals surface area contributed by atoms with E-state index in [1.54, 1.807) is 6.07 Å². The van der Waals surface area contributed by atoms with Crippen molar-refractivity contribution < 1.29 is 19.4 Å². The highest BCUT2D eigenvalue weighted by Gasteiger charge is 2.17. The minimum atomic E-state index is -0.795. The van der Waals surface area contributed by atoms with E-state index in [4.69, 9.17) is 27.9 Å². The normalized spacial score (nSPS) is 11.8. The third kappa shape index (κ3) is 3.54. The summed E-state index contributed by atoms with van der Waals surface area (Å²) in [6, 6.07) is 4.49. The summed E-state index contributed by atoms with van der Waals surface area (Å²) in [5.74, 6) is -1.22. The van der Waals surface area contributed by atoms with Crippen LogP contribution >= 0.6 is 23.2 Å². The molecule has 0 unspecified atom stereocenters. The summed E-state index contributed by atoms with van der Waals surface area (Å²) in [5, 5.41) is 9.96. The second kappa shape index (κ2) is 5.80. The Kier molecular flexibility index (Phi) is 4.66. The van der Waals surface area contributed by atoms with Gasteiger partial charge in [0.25, 0.3) is 0 Å². The fraction of sp³-hybridized carbons (Fsp3) is 0.182. The number of ether oxygens (including phenoxy) is 2. The zero-order chi connectivity index (χ0) is 13.0. The summed E-state index contributed by atoms with van der Waals surface area (Å²) in [7, 11) is 1.18. The number of aliphatic hydroxyl groups excluding tert-OH is 1. The van der Waals surface area contributed by atoms with E-state index in [-0.39, 0.29) is 22.3 Å². The fourth-order valence-electron chi connectivity index (χ4n) is 1.02. The van der Waals surface area contributed by atoms with Gasteiger partial charge < -0.3 is 14.6 Å². The van der Waals surface area contributed by atoms with Crippen molar-refractivity contribution in [1.29, 1.82) is 0 Å². The Hall–Kier alpha value is -1.39. The lowest BCUT2D eigenvalue weighted by Gasteiger charge is -2.10. The maximum absolute atomic E-state index is 11.3. The quantitative estimate of drug-likeness (QED) is 0.523. The summed E-state index contributed by atoms with van der Waals surface area (Å²) in [4.78, 5) is 11.3. The summed E-state index contributed by atoms with van der Waals surface area (Å²) < 4.78 is 9.64. The first-order valence-electron chi connectivity index (χ1n) is 4.56. The molecule has 0 saturated carbocycles. The monoisotopic (exact) mass is 276 g/mol. The molecule has 0 aliphatic carbocycles. The summed E-state index contributed by atoms with van der Waals surface area (Å²) >= 11 is 11.6. The molecule has 0 saturated heterocycles. The van der Waals surface area contributed by atoms with E-state index in [0.29, 0.717) is 5.02 Å². The Balaban J connectivity index is 3.03. The highest BCUT2D eigenvalue weighted by atomic mass is 35.5. The van der Waals surface area contributed by atoms with Crippen LogP contribution in [0, 0.1) is 0 Å². The van der Waals surface area contributed by atoms with Crippen molar-refractivity contribution in [3.05, 3.63) is 39.8 Å². The molecule has 1 aromatic rings. The number of carbonyl (C=O) groups excluding carboxylic acids is 1. The molecule has 6 heteroatoms. The van der Waals surface area contributed by atoms with Gasteiger partial charge in [-0.2, -0.15) is 0 Å². The van der Waals surface area contributed by atoms with Crippen molar-refractivity contribution in [1.82, 2.24) is 0 Å². The van der Waals surface area contributed by atoms with Gasteiger partial charge in [-0.1, -0.05) is 23.2 Å². The van der Waals surface area contributed by atoms with Crippen molar-refractivity contribution in [2.45, 2.75) is 6.92 Å². The van der Waals surface area contributed by atoms with Crippen LogP contribution in [-0.2, 0) is 9.53 Å². The van der Waals surface area contributed by atoms with Gasteiger partial charge in [0.15, 0.2) is 0 Å². The highest BCUT2D eigenvalue weighted by molar-refractivity contribution is 6.35. The third-order valence-electron chi connectivity index (χ3n) is 1.81. The van der Waals surface area contributed by atoms with Crippen LogP contribution in [-0.4, -0.2) is 18.2 Å². The Morgan fingerprint density at radius 3 is 2.47 bits per heavy atom. The van der Waals surface area contributed by atoms with E-state index in [2.05, 4.69) is 4.74 Å². The average Bonchev–Trinajstić information content (AvgIpc) is 2.26. The SMILES string of the molecule is COC(=O)/C(Oc1ccc(Cl)cc1Cl)=C(/C)O. The molecule has 0 spiro atoms. The number of hydrogen-bond donors (Lipinski definition) is 1. The number of hydrogen-bond acceptors (Lipinski definition) is 4. The molecule has 0 aliphatic heterocycles. The number of rotatable bonds is 3. The Labute approximate surface area is 108 Å². The van der Waals surface area contributed by atoms with Gasteiger partial charge >= 0.3 is 5.97 Å². The number of allylic oxidation sites excluding steroid dienone is 1. The first kappa shape index (κ1) is 13.7. The van der Waals surface area contributed by atoms with Crippen LogP contribution in [0.25, 0.3) is 0 Å². The van der Waals surface area contributed by atoms with Crippen LogP contribution < -0.4 is 4.74 Å². The van der Waals surface area contributed by atoms with Crippen molar-refractivity contribution in [2.24, 2.45) is 0 Å². The Bertz CT molecular complexity index is 465. The van der Waals surface area contributed by atoms with Gasteiger partial charge in [-0.15, -0.1) is 0 Å². The van der Waals surface area contributed by atoms with Crippen LogP contribution in [0.2, 0.25) is 10.0 Å². The van der Waals surface area contributed by atoms with E-state index >= 15 is 0 Å². The average molecular weight is 277 g/mol. The zero-order valence-electron chi connectivity index (χ0n) is 9.16. The van der Waals surface area contributed by atoms with Gasteiger partial charge in [-0.05, 0) is 25.1 Å². The maximum Gasteiger partial charge on any atom is 0.377 e. The van der Waals surface area contributed by atoms with Crippen LogP contribution in [0.15, 0.2) is 29.7 Å². The van der Waals surface area contributed by atoms with Crippen molar-refractivity contribution >= 4 is 29.2 Å². The van der Waals surface area contributed by atoms with Gasteiger partial charge in [0.1, 0.15) is 11.5 Å². The lowest BCUT2D eigenvalue weighted by atomic mass is 10.3. The number of carbonyl (C=O) groups is 1. The molecule has 0 heterocycles. The molecule has 17 heavy (non-hydrogen) atoms. The number of esters is 1. The molecule has 1 N–H and O–H groups in total. The predicted molar refractivity (Wildman–Crippen MR) is 64.4 cm³/mol. The molecule has 0 amide bonds. The van der Waals surface area contributed by atoms with Crippen LogP contribution in [0.4, 0.5) is 0 Å². The first-order chi connectivity index (χ1) is 7.95. The summed E-state index contributed by atoms with van der Waals surface area (Å²) in [6.45, 7) is 1.30. The molecule has 0 radical (unpaired) electrons. The van der Waals surface area contributed by atoms with Crippen LogP contribution in [0.5, 0.6) is 5.75 Å². The molecule has 1 rings (SSSR count). The predicted octanol–water partition coefficient (Wildman–Crippen LogP) is 3.33. The van der Waals surface area contributed by atoms with E-state index in [9.17, 15) is 9.90 Å². The highest BCUT2D eigenvalue weighted by Crippen LogP contribution is 2.29. The number of methoxy groups -OCH3 is 1. The lowest BCUT2D eigenvalue weighted by Crippen LogP contribution is -2.13. The molecule has 92 valence electrons. The lowest BCUT2D eigenvalue weighted by molar-refractivity contribution is -0.138. The standard InChI is InChI=1S/C11H10Cl2O4/c1-6(14)10(11(15)16-2)17-9-4-3-7(12)5-8(9)13/h3-5,14H,1-2H3/b10-6+. The zero-order valence-corrected chi connectivity index (χ0v) is 10.7. The van der Waals surface area contributed by atoms with E-state index < -0.39 is 5.97 Å². The first-order valence-corrected chi connectivity index (χ1v) is 5.32. The fourth-order valence-corrected chi connectivity index (χ4v) is 1.47. The number of aliphatic hydroxyl groups is 1. The van der Waals surface area contributed by atoms with Gasteiger partial charge in [0.2, 0.25) is 5.76 Å². The molecular formula is C11H10Cl2O4. The van der Waals surface area contributed by atoms with E-state index in [1.165, 1.54) is 26.2 Å². The Morgan fingerprint density at radius 1 is 1.35 bits per heavy atom. The largest absolute Gasteiger partial charge is 0.508 e. The Morgan fingerprint density at radius 2 is 2.00 bits per heavy atom. The molecule has 0 bridgehead atoms. The molecule has 0 atom stereocenters. The molecule has 0 aliphatic rings. The molecule has 0 aromatic heterocycles. The molecule has 1 aromatic carbocycles. The van der Waals surface area contributed by atoms with Gasteiger partial charge in [0, 0.05) is 5.02 Å². The minimum Gasteiger partial charge on any atom is -0.508 e. The van der Waals surface area contributed by atoms with E-state index in [1.807, 2.05) is 0 Å². The summed E-state index contributed by atoms with van der Waals surface area (Å²) in [5.41, 5.74) is 0. The van der Waals surface area contributed by atoms with Crippen molar-refractivity contribution in [2.75, 3.05) is 7.11 Å². The van der Waals surface area contributed by atoms with Crippen molar-refractivity contribution in [3.63, 3.8) is 0 Å². The summed E-state index contributed by atoms with van der Waals surface area (Å²) in [6.07, 6.45) is 0. The van der Waals surface area contributed by atoms with Crippen LogP contribution in [0.3, 0.4) is 0 Å². The maximum atomic E-state index is 11.3. The van der Waals surface area contributed by atoms with Crippen molar-refractivity contribution in [3.8, 4) is 5.75 Å². The molecular weight excluding hydrogens is 267 g/mol. The van der Waals surface area contributed by atoms with Crippen LogP contribution in [0.1, 0.15) is 6.92 Å². The topological polar surface area (TPSA) is 55.8 Å². The minimum absolute atomic E-state index is 0.199. The second-order valence-corrected chi connectivity index (χ2v) is 3.93.